The van der Waals surface area contributed by atoms with Crippen LogP contribution in [0.25, 0.3) is 0 Å². The van der Waals surface area contributed by atoms with Crippen molar-refractivity contribution in [3.05, 3.63) is 59.7 Å². The van der Waals surface area contributed by atoms with Crippen molar-refractivity contribution < 1.29 is 8.78 Å². The van der Waals surface area contributed by atoms with E-state index in [1.54, 1.807) is 37.4 Å². The zero-order valence-electron chi connectivity index (χ0n) is 9.83. The third-order valence-corrected chi connectivity index (χ3v) is 3.05. The summed E-state index contributed by atoms with van der Waals surface area (Å²) in [5.74, 6) is -0.555. The third-order valence-electron chi connectivity index (χ3n) is 2.74. The maximum atomic E-state index is 13.9. The first-order valence-electron chi connectivity index (χ1n) is 5.46. The van der Waals surface area contributed by atoms with Gasteiger partial charge in [-0.1, -0.05) is 18.2 Å². The molecule has 0 radical (unpaired) electrons. The molecule has 0 unspecified atom stereocenters. The molecule has 0 N–H and O–H groups in total. The molecule has 0 aliphatic heterocycles. The van der Waals surface area contributed by atoms with E-state index in [1.165, 1.54) is 17.0 Å². The highest BCUT2D eigenvalue weighted by atomic mass is 35.5. The first kappa shape index (κ1) is 12.8. The number of alkyl halides is 1. The molecule has 0 bridgehead atoms. The molecular weight excluding hydrogens is 256 g/mol. The molecule has 1 nitrogen and oxygen atoms in total. The topological polar surface area (TPSA) is 3.24 Å². The van der Waals surface area contributed by atoms with Gasteiger partial charge in [0, 0.05) is 12.9 Å². The Bertz CT molecular complexity index is 557. The van der Waals surface area contributed by atoms with Gasteiger partial charge in [0.2, 0.25) is 0 Å². The molecule has 2 rings (SSSR count). The molecule has 18 heavy (non-hydrogen) atoms. The molecule has 0 atom stereocenters. The number of rotatable bonds is 3. The van der Waals surface area contributed by atoms with Crippen molar-refractivity contribution in [2.24, 2.45) is 0 Å². The highest BCUT2D eigenvalue weighted by molar-refractivity contribution is 6.17. The third kappa shape index (κ3) is 2.46. The fraction of sp³-hybridized carbons (Fsp3) is 0.143. The molecule has 2 aromatic carbocycles. The Morgan fingerprint density at radius 1 is 1.00 bits per heavy atom. The van der Waals surface area contributed by atoms with Crippen molar-refractivity contribution >= 4 is 23.0 Å². The minimum absolute atomic E-state index is 0.251. The van der Waals surface area contributed by atoms with Crippen molar-refractivity contribution in [1.82, 2.24) is 0 Å². The quantitative estimate of drug-likeness (QED) is 0.742. The summed E-state index contributed by atoms with van der Waals surface area (Å²) >= 11 is 5.63. The molecule has 0 saturated carbocycles. The second kappa shape index (κ2) is 5.36. The van der Waals surface area contributed by atoms with Crippen molar-refractivity contribution in [3.8, 4) is 0 Å². The summed E-state index contributed by atoms with van der Waals surface area (Å²) in [4.78, 5) is 1.47. The first-order valence-corrected chi connectivity index (χ1v) is 5.99. The Morgan fingerprint density at radius 3 is 2.28 bits per heavy atom. The number of halogens is 3. The average molecular weight is 268 g/mol. The van der Waals surface area contributed by atoms with Gasteiger partial charge in [-0.05, 0) is 29.8 Å². The molecule has 0 fully saturated rings. The summed E-state index contributed by atoms with van der Waals surface area (Å²) in [7, 11) is 1.62. The van der Waals surface area contributed by atoms with Crippen LogP contribution in [-0.2, 0) is 5.88 Å². The van der Waals surface area contributed by atoms with Gasteiger partial charge in [-0.25, -0.2) is 8.78 Å². The van der Waals surface area contributed by atoms with Gasteiger partial charge in [-0.15, -0.1) is 11.6 Å². The van der Waals surface area contributed by atoms with Gasteiger partial charge in [0.25, 0.3) is 0 Å². The van der Waals surface area contributed by atoms with E-state index < -0.39 is 5.82 Å². The Balaban J connectivity index is 2.40. The maximum absolute atomic E-state index is 13.9. The van der Waals surface area contributed by atoms with Crippen LogP contribution in [0.3, 0.4) is 0 Å². The smallest absolute Gasteiger partial charge is 0.147 e. The van der Waals surface area contributed by atoms with Crippen molar-refractivity contribution in [2.75, 3.05) is 11.9 Å². The van der Waals surface area contributed by atoms with E-state index in [2.05, 4.69) is 0 Å². The van der Waals surface area contributed by atoms with Gasteiger partial charge >= 0.3 is 0 Å². The van der Waals surface area contributed by atoms with Crippen LogP contribution < -0.4 is 4.90 Å². The van der Waals surface area contributed by atoms with Crippen LogP contribution in [0.15, 0.2) is 42.5 Å². The molecule has 0 heterocycles. The number of nitrogens with zero attached hydrogens (tertiary/aromatic N) is 1. The van der Waals surface area contributed by atoms with E-state index >= 15 is 0 Å². The lowest BCUT2D eigenvalue weighted by molar-refractivity contribution is 0.617. The molecule has 94 valence electrons. The van der Waals surface area contributed by atoms with Gasteiger partial charge in [-0.3, -0.25) is 0 Å². The van der Waals surface area contributed by atoms with Crippen LogP contribution in [-0.4, -0.2) is 7.05 Å². The van der Waals surface area contributed by atoms with Crippen LogP contribution in [0.2, 0.25) is 0 Å². The lowest BCUT2D eigenvalue weighted by Gasteiger charge is -2.20. The van der Waals surface area contributed by atoms with Crippen LogP contribution in [0.5, 0.6) is 0 Å². The Morgan fingerprint density at radius 2 is 1.67 bits per heavy atom. The van der Waals surface area contributed by atoms with Crippen molar-refractivity contribution in [3.63, 3.8) is 0 Å². The minimum atomic E-state index is -0.418. The number of anilines is 2. The first-order chi connectivity index (χ1) is 8.63. The Hall–Kier alpha value is -1.61. The summed E-state index contributed by atoms with van der Waals surface area (Å²) < 4.78 is 27.5. The molecule has 0 aromatic heterocycles. The molecule has 0 aliphatic carbocycles. The highest BCUT2D eigenvalue weighted by Gasteiger charge is 2.12. The summed E-state index contributed by atoms with van der Waals surface area (Å²) in [6.07, 6.45) is 0. The van der Waals surface area contributed by atoms with E-state index in [4.69, 9.17) is 11.6 Å². The van der Waals surface area contributed by atoms with Gasteiger partial charge < -0.3 is 4.90 Å². The zero-order valence-corrected chi connectivity index (χ0v) is 10.6. The second-order valence-electron chi connectivity index (χ2n) is 3.93. The fourth-order valence-electron chi connectivity index (χ4n) is 1.76. The highest BCUT2D eigenvalue weighted by Crippen LogP contribution is 2.28. The molecule has 0 saturated heterocycles. The van der Waals surface area contributed by atoms with E-state index in [0.717, 1.165) is 0 Å². The SMILES string of the molecule is CN(c1ccccc1F)c1ccc(CCl)cc1F. The monoisotopic (exact) mass is 267 g/mol. The Labute approximate surface area is 110 Å². The van der Waals surface area contributed by atoms with Crippen LogP contribution in [0.1, 0.15) is 5.56 Å². The molecular formula is C14H12ClF2N. The molecule has 4 heteroatoms. The molecule has 0 spiro atoms. The number of para-hydroxylation sites is 1. The van der Waals surface area contributed by atoms with E-state index in [-0.39, 0.29) is 11.7 Å². The number of hydrogen-bond donors (Lipinski definition) is 0. The van der Waals surface area contributed by atoms with Gasteiger partial charge in [0.1, 0.15) is 11.6 Å². The predicted molar refractivity (Wildman–Crippen MR) is 70.4 cm³/mol. The van der Waals surface area contributed by atoms with Crippen LogP contribution >= 0.6 is 11.6 Å². The fourth-order valence-corrected chi connectivity index (χ4v) is 1.93. The van der Waals surface area contributed by atoms with Gasteiger partial charge in [0.05, 0.1) is 11.4 Å². The van der Waals surface area contributed by atoms with E-state index in [9.17, 15) is 8.78 Å². The largest absolute Gasteiger partial charge is 0.340 e. The molecule has 0 amide bonds. The summed E-state index contributed by atoms with van der Waals surface area (Å²) in [6.45, 7) is 0. The summed E-state index contributed by atoms with van der Waals surface area (Å²) in [6, 6.07) is 10.9. The molecule has 0 aliphatic rings. The van der Waals surface area contributed by atoms with E-state index in [1.807, 2.05) is 0 Å². The summed E-state index contributed by atoms with van der Waals surface area (Å²) in [5.41, 5.74) is 1.34. The minimum Gasteiger partial charge on any atom is -0.340 e. The second-order valence-corrected chi connectivity index (χ2v) is 4.20. The van der Waals surface area contributed by atoms with Crippen molar-refractivity contribution in [2.45, 2.75) is 5.88 Å². The lowest BCUT2D eigenvalue weighted by Crippen LogP contribution is -2.12. The van der Waals surface area contributed by atoms with Crippen LogP contribution in [0.4, 0.5) is 20.2 Å². The maximum Gasteiger partial charge on any atom is 0.147 e. The number of hydrogen-bond acceptors (Lipinski definition) is 1. The zero-order chi connectivity index (χ0) is 13.1. The van der Waals surface area contributed by atoms with Gasteiger partial charge in [-0.2, -0.15) is 0 Å². The molecule has 2 aromatic rings. The van der Waals surface area contributed by atoms with Crippen molar-refractivity contribution in [1.29, 1.82) is 0 Å². The normalized spacial score (nSPS) is 10.4. The Kier molecular flexibility index (Phi) is 3.82. The standard InChI is InChI=1S/C14H12ClF2N/c1-18(13-5-3-2-4-11(13)16)14-7-6-10(9-15)8-12(14)17/h2-8H,9H2,1H3. The van der Waals surface area contributed by atoms with E-state index in [0.29, 0.717) is 16.9 Å². The van der Waals surface area contributed by atoms with Gasteiger partial charge in [0.15, 0.2) is 0 Å². The lowest BCUT2D eigenvalue weighted by atomic mass is 10.2. The predicted octanol–water partition coefficient (Wildman–Crippen LogP) is 4.47. The summed E-state index contributed by atoms with van der Waals surface area (Å²) in [5, 5.41) is 0. The average Bonchev–Trinajstić information content (AvgIpc) is 2.38. The van der Waals surface area contributed by atoms with Crippen LogP contribution in [0, 0.1) is 11.6 Å². The number of benzene rings is 2.